The molecule has 0 amide bonds. The summed E-state index contributed by atoms with van der Waals surface area (Å²) in [5.74, 6) is 0.975. The molecule has 0 bridgehead atoms. The number of benzene rings is 8. The van der Waals surface area contributed by atoms with Gasteiger partial charge in [0.25, 0.3) is 0 Å². The van der Waals surface area contributed by atoms with E-state index in [1.165, 1.54) is 0 Å². The third kappa shape index (κ3) is 3.86. The molecule has 9 rings (SSSR count). The molecule has 0 spiro atoms. The largest absolute Gasteiger partial charge is 0.296 e. The summed E-state index contributed by atoms with van der Waals surface area (Å²) in [4.78, 5) is 4.95. The monoisotopic (exact) mass is 581 g/mol. The van der Waals surface area contributed by atoms with Gasteiger partial charge in [0.15, 0.2) is 0 Å². The number of nitrogens with zero attached hydrogens (tertiary/aromatic N) is 2. The summed E-state index contributed by atoms with van der Waals surface area (Å²) in [6.45, 7) is 2.12. The molecular formula is C43H30N2. The SMILES string of the molecule is [2H]c1c([2H])c([2H])c2c(-c3c4ccccc4c(-c4ccc(-n5c(CC)nc6ccccc65)c5ccccc45)c4ccccc34)c([2H])c([2H])c([2H])c2c1[2H]. The lowest BCUT2D eigenvalue weighted by atomic mass is 9.83. The van der Waals surface area contributed by atoms with Crippen molar-refractivity contribution in [2.75, 3.05) is 0 Å². The normalized spacial score (nSPS) is 13.9. The van der Waals surface area contributed by atoms with Crippen molar-refractivity contribution in [1.82, 2.24) is 9.55 Å². The van der Waals surface area contributed by atoms with E-state index < -0.39 is 12.1 Å². The summed E-state index contributed by atoms with van der Waals surface area (Å²) in [6, 6.07) is 34.1. The standard InChI is InChI=1S/C43H30N2/c1-2-41-44-38-24-11-12-25-40(38)45(41)39-27-26-37(30-17-5-6-18-31(30)39)43-35-21-9-7-19-33(35)42(34-20-8-10-22-36(34)43)32-23-13-15-28-14-3-4-16-29(28)32/h3-27H,2H2,1H3/i3D,4D,13D,14D,15D,16D,23D. The smallest absolute Gasteiger partial charge is 0.114 e. The number of aryl methyl sites for hydroxylation is 1. The van der Waals surface area contributed by atoms with E-state index in [4.69, 9.17) is 13.2 Å². The van der Waals surface area contributed by atoms with Crippen LogP contribution in [0.3, 0.4) is 0 Å². The van der Waals surface area contributed by atoms with Gasteiger partial charge in [0, 0.05) is 11.8 Å². The van der Waals surface area contributed by atoms with E-state index in [2.05, 4.69) is 47.9 Å². The van der Waals surface area contributed by atoms with Crippen LogP contribution in [0.5, 0.6) is 0 Å². The Hall–Kier alpha value is -5.73. The fourth-order valence-electron chi connectivity index (χ4n) is 6.97. The zero-order valence-corrected chi connectivity index (χ0v) is 24.5. The molecule has 0 aliphatic carbocycles. The van der Waals surface area contributed by atoms with Gasteiger partial charge in [-0.3, -0.25) is 4.57 Å². The van der Waals surface area contributed by atoms with Crippen molar-refractivity contribution in [1.29, 1.82) is 0 Å². The molecule has 0 atom stereocenters. The van der Waals surface area contributed by atoms with Crippen LogP contribution in [0.4, 0.5) is 0 Å². The third-order valence-corrected chi connectivity index (χ3v) is 8.85. The second-order valence-electron chi connectivity index (χ2n) is 11.2. The van der Waals surface area contributed by atoms with Crippen LogP contribution in [0, 0.1) is 0 Å². The Kier molecular flexibility index (Phi) is 4.42. The van der Waals surface area contributed by atoms with E-state index >= 15 is 0 Å². The van der Waals surface area contributed by atoms with Gasteiger partial charge in [0.05, 0.1) is 26.3 Å². The zero-order valence-electron chi connectivity index (χ0n) is 31.5. The number of rotatable bonds is 4. The summed E-state index contributed by atoms with van der Waals surface area (Å²) in [6.07, 6.45) is 0.766. The van der Waals surface area contributed by atoms with E-state index in [1.807, 2.05) is 72.8 Å². The van der Waals surface area contributed by atoms with Crippen LogP contribution >= 0.6 is 0 Å². The number of fused-ring (bicyclic) bond motifs is 5. The summed E-state index contributed by atoms with van der Waals surface area (Å²) in [5.41, 5.74) is 5.85. The van der Waals surface area contributed by atoms with E-state index in [9.17, 15) is 1.37 Å². The van der Waals surface area contributed by atoms with E-state index in [1.54, 1.807) is 0 Å². The van der Waals surface area contributed by atoms with Crippen molar-refractivity contribution in [3.8, 4) is 27.9 Å². The highest BCUT2D eigenvalue weighted by atomic mass is 15.1. The summed E-state index contributed by atoms with van der Waals surface area (Å²) < 4.78 is 63.6. The molecule has 0 N–H and O–H groups in total. The van der Waals surface area contributed by atoms with Crippen LogP contribution < -0.4 is 0 Å². The Morgan fingerprint density at radius 1 is 0.533 bits per heavy atom. The number of hydrogen-bond donors (Lipinski definition) is 0. The Morgan fingerprint density at radius 2 is 1.11 bits per heavy atom. The van der Waals surface area contributed by atoms with Crippen molar-refractivity contribution in [3.63, 3.8) is 0 Å². The topological polar surface area (TPSA) is 17.8 Å². The molecule has 0 unspecified atom stereocenters. The van der Waals surface area contributed by atoms with E-state index in [0.717, 1.165) is 72.4 Å². The van der Waals surface area contributed by atoms with Crippen LogP contribution in [0.15, 0.2) is 151 Å². The van der Waals surface area contributed by atoms with Gasteiger partial charge in [-0.2, -0.15) is 0 Å². The third-order valence-electron chi connectivity index (χ3n) is 8.85. The molecule has 45 heavy (non-hydrogen) atoms. The van der Waals surface area contributed by atoms with E-state index in [-0.39, 0.29) is 46.5 Å². The molecule has 212 valence electrons. The molecule has 1 aromatic heterocycles. The molecule has 0 aliphatic rings. The minimum absolute atomic E-state index is 0.0562. The van der Waals surface area contributed by atoms with Crippen molar-refractivity contribution in [2.24, 2.45) is 0 Å². The average Bonchev–Trinajstić information content (AvgIpc) is 3.56. The minimum atomic E-state index is -0.468. The lowest BCUT2D eigenvalue weighted by Gasteiger charge is -2.20. The predicted octanol–water partition coefficient (Wildman–Crippen LogP) is 11.5. The quantitative estimate of drug-likeness (QED) is 0.189. The highest BCUT2D eigenvalue weighted by Crippen LogP contribution is 2.47. The van der Waals surface area contributed by atoms with Gasteiger partial charge in [0.1, 0.15) is 5.82 Å². The maximum atomic E-state index is 9.24. The summed E-state index contributed by atoms with van der Waals surface area (Å²) in [7, 11) is 0. The summed E-state index contributed by atoms with van der Waals surface area (Å²) in [5, 5.41) is 5.48. The Labute approximate surface area is 271 Å². The first-order chi connectivity index (χ1) is 25.2. The lowest BCUT2D eigenvalue weighted by molar-refractivity contribution is 0.913. The average molecular weight is 582 g/mol. The van der Waals surface area contributed by atoms with E-state index in [0.29, 0.717) is 5.56 Å². The van der Waals surface area contributed by atoms with Crippen LogP contribution in [0.1, 0.15) is 22.3 Å². The molecule has 8 aromatic carbocycles. The first kappa shape index (κ1) is 19.5. The lowest BCUT2D eigenvalue weighted by Crippen LogP contribution is -2.01. The number of para-hydroxylation sites is 2. The highest BCUT2D eigenvalue weighted by Gasteiger charge is 2.21. The van der Waals surface area contributed by atoms with Gasteiger partial charge in [0.2, 0.25) is 0 Å². The van der Waals surface area contributed by atoms with Gasteiger partial charge in [-0.1, -0.05) is 140 Å². The second-order valence-corrected chi connectivity index (χ2v) is 11.2. The van der Waals surface area contributed by atoms with Crippen LogP contribution in [-0.4, -0.2) is 9.55 Å². The molecule has 0 saturated heterocycles. The van der Waals surface area contributed by atoms with Crippen molar-refractivity contribution < 1.29 is 9.60 Å². The maximum absolute atomic E-state index is 9.24. The summed E-state index contributed by atoms with van der Waals surface area (Å²) >= 11 is 0. The second kappa shape index (κ2) is 10.2. The molecule has 9 aromatic rings. The van der Waals surface area contributed by atoms with Gasteiger partial charge in [-0.05, 0) is 78.2 Å². The molecule has 1 heterocycles. The number of imidazole rings is 1. The molecule has 0 radical (unpaired) electrons. The molecule has 0 aliphatic heterocycles. The fourth-order valence-corrected chi connectivity index (χ4v) is 6.97. The number of aromatic nitrogens is 2. The van der Waals surface area contributed by atoms with Crippen molar-refractivity contribution in [2.45, 2.75) is 13.3 Å². The molecule has 0 saturated carbocycles. The predicted molar refractivity (Wildman–Crippen MR) is 191 cm³/mol. The van der Waals surface area contributed by atoms with Crippen LogP contribution in [-0.2, 0) is 6.42 Å². The van der Waals surface area contributed by atoms with Crippen molar-refractivity contribution in [3.05, 3.63) is 157 Å². The zero-order chi connectivity index (χ0) is 36.0. The Morgan fingerprint density at radius 3 is 1.82 bits per heavy atom. The fraction of sp³-hybridized carbons (Fsp3) is 0.0465. The van der Waals surface area contributed by atoms with Gasteiger partial charge < -0.3 is 0 Å². The number of hydrogen-bond acceptors (Lipinski definition) is 1. The molecule has 2 nitrogen and oxygen atoms in total. The molecule has 0 fully saturated rings. The first-order valence-corrected chi connectivity index (χ1v) is 15.1. The van der Waals surface area contributed by atoms with Crippen molar-refractivity contribution >= 4 is 54.1 Å². The van der Waals surface area contributed by atoms with Crippen LogP contribution in [0.2, 0.25) is 0 Å². The Balaban J connectivity index is 1.43. The van der Waals surface area contributed by atoms with Gasteiger partial charge >= 0.3 is 0 Å². The minimum Gasteiger partial charge on any atom is -0.296 e. The maximum Gasteiger partial charge on any atom is 0.114 e. The first-order valence-electron chi connectivity index (χ1n) is 18.6. The van der Waals surface area contributed by atoms with Gasteiger partial charge in [-0.25, -0.2) is 4.98 Å². The van der Waals surface area contributed by atoms with Gasteiger partial charge in [-0.15, -0.1) is 0 Å². The molecular weight excluding hydrogens is 544 g/mol. The highest BCUT2D eigenvalue weighted by molar-refractivity contribution is 6.25. The van der Waals surface area contributed by atoms with Crippen LogP contribution in [0.25, 0.3) is 82.1 Å². The molecule has 2 heteroatoms. The Bertz CT molecular complexity index is 2920.